The van der Waals surface area contributed by atoms with Crippen LogP contribution in [0.3, 0.4) is 0 Å². The van der Waals surface area contributed by atoms with Crippen LogP contribution in [0.25, 0.3) is 0 Å². The Kier molecular flexibility index (Phi) is 5.89. The average Bonchev–Trinajstić information content (AvgIpc) is 2.80. The average molecular weight is 372 g/mol. The first-order valence-electron chi connectivity index (χ1n) is 6.58. The molecule has 1 aromatic rings. The van der Waals surface area contributed by atoms with Crippen LogP contribution >= 0.6 is 27.3 Å². The smallest absolute Gasteiger partial charge is 0.369 e. The summed E-state index contributed by atoms with van der Waals surface area (Å²) < 4.78 is 42.5. The summed E-state index contributed by atoms with van der Waals surface area (Å²) in [7, 11) is 0. The van der Waals surface area contributed by atoms with Gasteiger partial charge in [0, 0.05) is 17.5 Å². The molecule has 1 fully saturated rings. The van der Waals surface area contributed by atoms with Crippen molar-refractivity contribution in [2.24, 2.45) is 0 Å². The zero-order valence-electron chi connectivity index (χ0n) is 10.9. The molecule has 0 radical (unpaired) electrons. The molecule has 2 nitrogen and oxygen atoms in total. The van der Waals surface area contributed by atoms with Gasteiger partial charge in [-0.05, 0) is 53.7 Å². The van der Waals surface area contributed by atoms with E-state index >= 15 is 0 Å². The topological polar surface area (TPSA) is 21.3 Å². The van der Waals surface area contributed by atoms with E-state index in [2.05, 4.69) is 21.2 Å². The van der Waals surface area contributed by atoms with Gasteiger partial charge >= 0.3 is 6.18 Å². The van der Waals surface area contributed by atoms with E-state index in [1.54, 1.807) is 11.3 Å². The third-order valence-corrected chi connectivity index (χ3v) is 4.93. The van der Waals surface area contributed by atoms with Crippen LogP contribution in [-0.4, -0.2) is 24.9 Å². The molecule has 0 amide bonds. The van der Waals surface area contributed by atoms with Crippen LogP contribution in [0.15, 0.2) is 15.9 Å². The van der Waals surface area contributed by atoms with Crippen molar-refractivity contribution in [1.82, 2.24) is 5.32 Å². The highest BCUT2D eigenvalue weighted by atomic mass is 79.9. The van der Waals surface area contributed by atoms with E-state index in [0.29, 0.717) is 6.42 Å². The zero-order valence-corrected chi connectivity index (χ0v) is 13.3. The molecular weight excluding hydrogens is 355 g/mol. The Labute approximate surface area is 128 Å². The molecule has 2 rings (SSSR count). The van der Waals surface area contributed by atoms with E-state index in [0.717, 1.165) is 29.6 Å². The van der Waals surface area contributed by atoms with Crippen molar-refractivity contribution in [3.05, 3.63) is 20.8 Å². The summed E-state index contributed by atoms with van der Waals surface area (Å²) >= 11 is 5.08. The fourth-order valence-corrected chi connectivity index (χ4v) is 3.82. The Bertz CT molecular complexity index is 424. The summed E-state index contributed by atoms with van der Waals surface area (Å²) in [6.07, 6.45) is -1.23. The summed E-state index contributed by atoms with van der Waals surface area (Å²) in [5.41, 5.74) is 0. The standard InChI is InChI=1S/C13H17BrF3NOS/c14-12-5-4-11(20-12)7-18-9-2-1-3-10(6-9)19-8-13(15,16)17/h4-5,9-10,18H,1-3,6-8H2. The van der Waals surface area contributed by atoms with Crippen molar-refractivity contribution < 1.29 is 17.9 Å². The molecule has 1 aliphatic rings. The lowest BCUT2D eigenvalue weighted by atomic mass is 9.93. The molecule has 0 aliphatic heterocycles. The van der Waals surface area contributed by atoms with Crippen LogP contribution in [0.4, 0.5) is 13.2 Å². The summed E-state index contributed by atoms with van der Waals surface area (Å²) in [5.74, 6) is 0. The predicted octanol–water partition coefficient (Wildman–Crippen LogP) is 4.49. The van der Waals surface area contributed by atoms with Crippen molar-refractivity contribution >= 4 is 27.3 Å². The fourth-order valence-electron chi connectivity index (χ4n) is 2.39. The Morgan fingerprint density at radius 3 is 2.80 bits per heavy atom. The normalized spacial score (nSPS) is 24.0. The van der Waals surface area contributed by atoms with E-state index in [9.17, 15) is 13.2 Å². The van der Waals surface area contributed by atoms with Crippen molar-refractivity contribution in [3.63, 3.8) is 0 Å². The quantitative estimate of drug-likeness (QED) is 0.823. The molecule has 1 N–H and O–H groups in total. The van der Waals surface area contributed by atoms with Crippen molar-refractivity contribution in [1.29, 1.82) is 0 Å². The van der Waals surface area contributed by atoms with E-state index in [1.807, 2.05) is 12.1 Å². The predicted molar refractivity (Wildman–Crippen MR) is 76.9 cm³/mol. The number of thiophene rings is 1. The summed E-state index contributed by atoms with van der Waals surface area (Å²) in [5, 5.41) is 3.41. The van der Waals surface area contributed by atoms with Gasteiger partial charge in [-0.15, -0.1) is 11.3 Å². The molecule has 1 saturated carbocycles. The molecule has 2 unspecified atom stereocenters. The molecular formula is C13H17BrF3NOS. The van der Waals surface area contributed by atoms with Crippen LogP contribution in [0.5, 0.6) is 0 Å². The minimum absolute atomic E-state index is 0.239. The zero-order chi connectivity index (χ0) is 14.6. The second-order valence-corrected chi connectivity index (χ2v) is 7.55. The van der Waals surface area contributed by atoms with Crippen LogP contribution < -0.4 is 5.32 Å². The highest BCUT2D eigenvalue weighted by Crippen LogP contribution is 2.26. The Morgan fingerprint density at radius 1 is 1.35 bits per heavy atom. The Morgan fingerprint density at radius 2 is 2.15 bits per heavy atom. The third kappa shape index (κ3) is 5.71. The first kappa shape index (κ1) is 16.3. The number of rotatable bonds is 5. The van der Waals surface area contributed by atoms with Gasteiger partial charge in [0.1, 0.15) is 6.61 Å². The number of alkyl halides is 3. The van der Waals surface area contributed by atoms with Gasteiger partial charge in [-0.1, -0.05) is 0 Å². The minimum atomic E-state index is -4.23. The van der Waals surface area contributed by atoms with Gasteiger partial charge in [0.2, 0.25) is 0 Å². The van der Waals surface area contributed by atoms with Gasteiger partial charge in [0.15, 0.2) is 0 Å². The first-order chi connectivity index (χ1) is 9.42. The SMILES string of the molecule is FC(F)(F)COC1CCCC(NCc2ccc(Br)s2)C1. The number of hydrogen-bond donors (Lipinski definition) is 1. The van der Waals surface area contributed by atoms with Crippen LogP contribution in [0.1, 0.15) is 30.6 Å². The molecule has 0 spiro atoms. The molecule has 7 heteroatoms. The number of halogens is 4. The Balaban J connectivity index is 1.73. The van der Waals surface area contributed by atoms with Crippen LogP contribution in [0, 0.1) is 0 Å². The molecule has 0 saturated heterocycles. The summed E-state index contributed by atoms with van der Waals surface area (Å²) in [4.78, 5) is 1.22. The molecule has 1 aromatic heterocycles. The Hall–Kier alpha value is -0.110. The fraction of sp³-hybridized carbons (Fsp3) is 0.692. The van der Waals surface area contributed by atoms with Gasteiger partial charge in [-0.3, -0.25) is 0 Å². The maximum absolute atomic E-state index is 12.1. The highest BCUT2D eigenvalue weighted by molar-refractivity contribution is 9.11. The van der Waals surface area contributed by atoms with Gasteiger partial charge in [-0.2, -0.15) is 13.2 Å². The molecule has 0 aromatic carbocycles. The lowest BCUT2D eigenvalue weighted by Gasteiger charge is -2.30. The maximum Gasteiger partial charge on any atom is 0.411 e. The maximum atomic E-state index is 12.1. The second-order valence-electron chi connectivity index (χ2n) is 5.00. The summed E-state index contributed by atoms with van der Waals surface area (Å²) in [6.45, 7) is -0.380. The van der Waals surface area contributed by atoms with Gasteiger partial charge in [0.05, 0.1) is 9.89 Å². The van der Waals surface area contributed by atoms with Crippen LogP contribution in [0.2, 0.25) is 0 Å². The van der Waals surface area contributed by atoms with E-state index in [-0.39, 0.29) is 12.1 Å². The monoisotopic (exact) mass is 371 g/mol. The molecule has 20 heavy (non-hydrogen) atoms. The molecule has 1 aliphatic carbocycles. The molecule has 114 valence electrons. The second kappa shape index (κ2) is 7.24. The third-order valence-electron chi connectivity index (χ3n) is 3.30. The molecule has 1 heterocycles. The van der Waals surface area contributed by atoms with E-state index in [1.165, 1.54) is 4.88 Å². The lowest BCUT2D eigenvalue weighted by Crippen LogP contribution is -2.37. The largest absolute Gasteiger partial charge is 0.411 e. The summed E-state index contributed by atoms with van der Waals surface area (Å²) in [6, 6.07) is 4.28. The van der Waals surface area contributed by atoms with Gasteiger partial charge in [-0.25, -0.2) is 0 Å². The number of nitrogens with one attached hydrogen (secondary N) is 1. The highest BCUT2D eigenvalue weighted by Gasteiger charge is 2.31. The van der Waals surface area contributed by atoms with Gasteiger partial charge in [0.25, 0.3) is 0 Å². The van der Waals surface area contributed by atoms with Crippen molar-refractivity contribution in [2.45, 2.75) is 50.6 Å². The minimum Gasteiger partial charge on any atom is -0.369 e. The van der Waals surface area contributed by atoms with Gasteiger partial charge < -0.3 is 10.1 Å². The first-order valence-corrected chi connectivity index (χ1v) is 8.19. The van der Waals surface area contributed by atoms with Crippen LogP contribution in [-0.2, 0) is 11.3 Å². The molecule has 2 atom stereocenters. The van der Waals surface area contributed by atoms with Crippen molar-refractivity contribution in [2.75, 3.05) is 6.61 Å². The van der Waals surface area contributed by atoms with Crippen molar-refractivity contribution in [3.8, 4) is 0 Å². The number of hydrogen-bond acceptors (Lipinski definition) is 3. The molecule has 0 bridgehead atoms. The lowest BCUT2D eigenvalue weighted by molar-refractivity contribution is -0.188. The van der Waals surface area contributed by atoms with E-state index in [4.69, 9.17) is 4.74 Å². The number of ether oxygens (including phenoxy) is 1. The van der Waals surface area contributed by atoms with E-state index < -0.39 is 12.8 Å².